The molecule has 1 aromatic carbocycles. The Hall–Kier alpha value is -3.22. The number of amides is 1. The van der Waals surface area contributed by atoms with Crippen LogP contribution in [0.15, 0.2) is 24.3 Å². The summed E-state index contributed by atoms with van der Waals surface area (Å²) < 4.78 is 21.8. The summed E-state index contributed by atoms with van der Waals surface area (Å²) in [6.45, 7) is 22.9. The molecule has 3 N–H and O–H groups in total. The second-order valence-corrected chi connectivity index (χ2v) is 15.3. The molecule has 0 radical (unpaired) electrons. The first-order valence-electron chi connectivity index (χ1n) is 15.8. The van der Waals surface area contributed by atoms with E-state index in [9.17, 15) is 19.2 Å². The van der Waals surface area contributed by atoms with Crippen LogP contribution in [-0.2, 0) is 39.8 Å². The SMILES string of the molecule is CC(C)(C)OC(=O)CNCCN(CC(=O)OC(C)(C)C)CC(Cc1ccc(NC(=O)OC(C)(C)C)cc1)NCC(=O)OC(C)(C)C. The van der Waals surface area contributed by atoms with Gasteiger partial charge in [-0.1, -0.05) is 12.1 Å². The summed E-state index contributed by atoms with van der Waals surface area (Å²) >= 11 is 0. The molecule has 0 spiro atoms. The summed E-state index contributed by atoms with van der Waals surface area (Å²) in [7, 11) is 0. The van der Waals surface area contributed by atoms with Crippen LogP contribution in [0.2, 0.25) is 0 Å². The number of carbonyl (C=O) groups excluding carboxylic acids is 4. The number of nitrogens with zero attached hydrogens (tertiary/aromatic N) is 1. The molecule has 0 fully saturated rings. The predicted octanol–water partition coefficient (Wildman–Crippen LogP) is 4.45. The van der Waals surface area contributed by atoms with Crippen molar-refractivity contribution in [1.82, 2.24) is 15.5 Å². The van der Waals surface area contributed by atoms with Gasteiger partial charge in [0, 0.05) is 31.4 Å². The van der Waals surface area contributed by atoms with Crippen molar-refractivity contribution in [2.24, 2.45) is 0 Å². The lowest BCUT2D eigenvalue weighted by atomic mass is 10.0. The minimum Gasteiger partial charge on any atom is -0.459 e. The Morgan fingerprint density at radius 1 is 0.674 bits per heavy atom. The van der Waals surface area contributed by atoms with Gasteiger partial charge in [-0.3, -0.25) is 24.6 Å². The van der Waals surface area contributed by atoms with Crippen molar-refractivity contribution < 1.29 is 38.1 Å². The maximum atomic E-state index is 12.8. The van der Waals surface area contributed by atoms with Crippen LogP contribution in [0, 0.1) is 0 Å². The molecule has 1 amide bonds. The van der Waals surface area contributed by atoms with Crippen LogP contribution in [0.3, 0.4) is 0 Å². The highest BCUT2D eigenvalue weighted by Gasteiger charge is 2.24. The fourth-order valence-electron chi connectivity index (χ4n) is 4.14. The highest BCUT2D eigenvalue weighted by atomic mass is 16.6. The van der Waals surface area contributed by atoms with Crippen molar-refractivity contribution >= 4 is 29.7 Å². The fraction of sp³-hybridized carbons (Fsp3) is 0.706. The van der Waals surface area contributed by atoms with Crippen LogP contribution in [0.5, 0.6) is 0 Å². The van der Waals surface area contributed by atoms with Crippen LogP contribution in [0.25, 0.3) is 0 Å². The monoisotopic (exact) mass is 650 g/mol. The third-order valence-electron chi connectivity index (χ3n) is 5.58. The van der Waals surface area contributed by atoms with Gasteiger partial charge >= 0.3 is 24.0 Å². The van der Waals surface area contributed by atoms with Crippen LogP contribution in [-0.4, -0.2) is 96.6 Å². The molecule has 12 nitrogen and oxygen atoms in total. The molecule has 1 unspecified atom stereocenters. The third-order valence-corrected chi connectivity index (χ3v) is 5.58. The molecular formula is C34H58N4O8. The van der Waals surface area contributed by atoms with E-state index >= 15 is 0 Å². The topological polar surface area (TPSA) is 145 Å². The molecule has 1 atom stereocenters. The van der Waals surface area contributed by atoms with Crippen LogP contribution < -0.4 is 16.0 Å². The van der Waals surface area contributed by atoms with Gasteiger partial charge in [-0.25, -0.2) is 4.79 Å². The summed E-state index contributed by atoms with van der Waals surface area (Å²) in [5.41, 5.74) is -0.961. The number of hydrogen-bond donors (Lipinski definition) is 3. The number of hydrogen-bond acceptors (Lipinski definition) is 11. The van der Waals surface area contributed by atoms with E-state index < -0.39 is 34.5 Å². The Bertz CT molecular complexity index is 1130. The lowest BCUT2D eigenvalue weighted by molar-refractivity contribution is -0.157. The van der Waals surface area contributed by atoms with Crippen molar-refractivity contribution in [1.29, 1.82) is 0 Å². The number of benzene rings is 1. The molecule has 0 bridgehead atoms. The molecule has 0 aliphatic rings. The van der Waals surface area contributed by atoms with Crippen molar-refractivity contribution in [3.8, 4) is 0 Å². The Balaban J connectivity index is 3.08. The van der Waals surface area contributed by atoms with Crippen LogP contribution in [0.1, 0.15) is 88.6 Å². The molecule has 0 saturated heterocycles. The Kier molecular flexibility index (Phi) is 15.6. The number of nitrogens with one attached hydrogen (secondary N) is 3. The van der Waals surface area contributed by atoms with E-state index in [1.165, 1.54) is 0 Å². The molecule has 0 saturated carbocycles. The molecule has 1 rings (SSSR count). The molecular weight excluding hydrogens is 592 g/mol. The molecule has 0 aliphatic carbocycles. The Morgan fingerprint density at radius 3 is 1.65 bits per heavy atom. The highest BCUT2D eigenvalue weighted by Crippen LogP contribution is 2.15. The first-order chi connectivity index (χ1) is 20.9. The normalized spacial score (nSPS) is 13.2. The van der Waals surface area contributed by atoms with E-state index in [2.05, 4.69) is 16.0 Å². The van der Waals surface area contributed by atoms with Crippen molar-refractivity contribution in [3.63, 3.8) is 0 Å². The Morgan fingerprint density at radius 2 is 1.15 bits per heavy atom. The van der Waals surface area contributed by atoms with E-state index in [-0.39, 0.29) is 37.6 Å². The van der Waals surface area contributed by atoms with Crippen LogP contribution in [0.4, 0.5) is 10.5 Å². The first kappa shape index (κ1) is 40.8. The standard InChI is InChI=1S/C34H58N4O8/c1-31(2,3)43-27(39)20-35-17-18-38(23-29(41)45-33(7,8)9)22-26(36-21-28(40)44-32(4,5)6)19-24-13-15-25(16-14-24)37-30(42)46-34(10,11)12/h13-16,26,35-36H,17-23H2,1-12H3,(H,37,42). The number of ether oxygens (including phenoxy) is 4. The number of rotatable bonds is 15. The average Bonchev–Trinajstić information content (AvgIpc) is 2.81. The Labute approximate surface area is 275 Å². The molecule has 46 heavy (non-hydrogen) atoms. The molecule has 0 heterocycles. The van der Waals surface area contributed by atoms with E-state index in [0.29, 0.717) is 31.7 Å². The first-order valence-corrected chi connectivity index (χ1v) is 15.8. The molecule has 12 heteroatoms. The molecule has 262 valence electrons. The van der Waals surface area contributed by atoms with E-state index in [1.807, 2.05) is 79.3 Å². The van der Waals surface area contributed by atoms with Gasteiger partial charge in [-0.05, 0) is 107 Å². The largest absolute Gasteiger partial charge is 0.459 e. The second-order valence-electron chi connectivity index (χ2n) is 15.3. The van der Waals surface area contributed by atoms with Crippen molar-refractivity contribution in [2.75, 3.05) is 44.6 Å². The summed E-state index contributed by atoms with van der Waals surface area (Å²) in [4.78, 5) is 51.7. The van der Waals surface area contributed by atoms with Gasteiger partial charge in [-0.15, -0.1) is 0 Å². The minimum atomic E-state index is -0.652. The van der Waals surface area contributed by atoms with Gasteiger partial charge < -0.3 is 29.6 Å². The predicted molar refractivity (Wildman–Crippen MR) is 179 cm³/mol. The van der Waals surface area contributed by atoms with Gasteiger partial charge in [0.25, 0.3) is 0 Å². The quantitative estimate of drug-likeness (QED) is 0.141. The zero-order chi connectivity index (χ0) is 35.3. The van der Waals surface area contributed by atoms with E-state index in [1.54, 1.807) is 32.9 Å². The third kappa shape index (κ3) is 21.5. The van der Waals surface area contributed by atoms with Gasteiger partial charge in [0.1, 0.15) is 22.4 Å². The highest BCUT2D eigenvalue weighted by molar-refractivity contribution is 5.84. The summed E-state index contributed by atoms with van der Waals surface area (Å²) in [6.07, 6.45) is -0.0405. The summed E-state index contributed by atoms with van der Waals surface area (Å²) in [6, 6.07) is 7.06. The maximum Gasteiger partial charge on any atom is 0.412 e. The molecule has 0 aromatic heterocycles. The smallest absolute Gasteiger partial charge is 0.412 e. The fourth-order valence-corrected chi connectivity index (χ4v) is 4.14. The number of esters is 3. The molecule has 0 aliphatic heterocycles. The lowest BCUT2D eigenvalue weighted by Gasteiger charge is -2.29. The second kappa shape index (κ2) is 17.6. The van der Waals surface area contributed by atoms with Gasteiger partial charge in [-0.2, -0.15) is 0 Å². The van der Waals surface area contributed by atoms with E-state index in [4.69, 9.17) is 18.9 Å². The zero-order valence-electron chi connectivity index (χ0n) is 30.0. The maximum absolute atomic E-state index is 12.8. The summed E-state index contributed by atoms with van der Waals surface area (Å²) in [5, 5.41) is 9.11. The zero-order valence-corrected chi connectivity index (χ0v) is 30.0. The van der Waals surface area contributed by atoms with E-state index in [0.717, 1.165) is 5.56 Å². The summed E-state index contributed by atoms with van der Waals surface area (Å²) in [5.74, 6) is -1.15. The van der Waals surface area contributed by atoms with Gasteiger partial charge in [0.2, 0.25) is 0 Å². The minimum absolute atomic E-state index is 0.00868. The lowest BCUT2D eigenvalue weighted by Crippen LogP contribution is -2.48. The van der Waals surface area contributed by atoms with Crippen LogP contribution >= 0.6 is 0 Å². The molecule has 1 aromatic rings. The number of anilines is 1. The van der Waals surface area contributed by atoms with Gasteiger partial charge in [0.05, 0.1) is 19.6 Å². The average molecular weight is 651 g/mol. The number of carbonyl (C=O) groups is 4. The van der Waals surface area contributed by atoms with Crippen molar-refractivity contribution in [2.45, 2.75) is 118 Å². The van der Waals surface area contributed by atoms with Crippen molar-refractivity contribution in [3.05, 3.63) is 29.8 Å². The van der Waals surface area contributed by atoms with Gasteiger partial charge in [0.15, 0.2) is 0 Å².